The van der Waals surface area contributed by atoms with Crippen molar-refractivity contribution in [3.05, 3.63) is 101 Å². The van der Waals surface area contributed by atoms with Crippen LogP contribution in [0.15, 0.2) is 88.3 Å². The van der Waals surface area contributed by atoms with Gasteiger partial charge < -0.3 is 10.2 Å². The summed E-state index contributed by atoms with van der Waals surface area (Å²) in [6.07, 6.45) is 1.41. The molecule has 0 aliphatic carbocycles. The highest BCUT2D eigenvalue weighted by Crippen LogP contribution is 2.33. The Hall–Kier alpha value is -5.31. The van der Waals surface area contributed by atoms with Crippen molar-refractivity contribution in [2.75, 3.05) is 5.73 Å². The fourth-order valence-corrected chi connectivity index (χ4v) is 4.98. The molecule has 9 nitrogen and oxygen atoms in total. The molecule has 0 saturated heterocycles. The van der Waals surface area contributed by atoms with Gasteiger partial charge in [-0.3, -0.25) is 9.89 Å². The topological polar surface area (TPSA) is 129 Å². The lowest BCUT2D eigenvalue weighted by Crippen LogP contribution is -2.12. The minimum atomic E-state index is -0.0982. The van der Waals surface area contributed by atoms with E-state index in [0.717, 1.165) is 27.7 Å². The van der Waals surface area contributed by atoms with Gasteiger partial charge in [-0.25, -0.2) is 14.6 Å². The Morgan fingerprint density at radius 2 is 1.76 bits per heavy atom. The normalized spacial score (nSPS) is 11.6. The van der Waals surface area contributed by atoms with Crippen LogP contribution in [0, 0.1) is 6.92 Å². The maximum atomic E-state index is 13.7. The standard InChI is InChI=1S/C29H21N7O2/c1-16-19-12-11-18(13-21(19)34-33-16)26-25-28(30)31-15-32-29(25)36(35-26)14-23-24(17-7-3-2-4-8-17)27(37)20-9-5-6-10-22(20)38-23/h2-13,15H,14H2,1H3,(H,33,34)(H2,30,31,32). The zero-order valence-electron chi connectivity index (χ0n) is 20.3. The van der Waals surface area contributed by atoms with Crippen LogP contribution in [0.5, 0.6) is 0 Å². The number of benzene rings is 3. The highest BCUT2D eigenvalue weighted by molar-refractivity contribution is 6.00. The molecule has 0 fully saturated rings. The van der Waals surface area contributed by atoms with Crippen LogP contribution in [0.2, 0.25) is 0 Å². The summed E-state index contributed by atoms with van der Waals surface area (Å²) in [6, 6.07) is 22.7. The molecule has 0 unspecified atom stereocenters. The predicted octanol–water partition coefficient (Wildman–Crippen LogP) is 5.08. The van der Waals surface area contributed by atoms with E-state index in [2.05, 4.69) is 20.2 Å². The van der Waals surface area contributed by atoms with Gasteiger partial charge in [0, 0.05) is 10.9 Å². The van der Waals surface area contributed by atoms with Crippen LogP contribution in [-0.2, 0) is 6.54 Å². The minimum absolute atomic E-state index is 0.0982. The molecule has 3 N–H and O–H groups in total. The average molecular weight is 500 g/mol. The zero-order chi connectivity index (χ0) is 25.8. The molecule has 7 rings (SSSR count). The van der Waals surface area contributed by atoms with Crippen molar-refractivity contribution in [1.29, 1.82) is 0 Å². The SMILES string of the molecule is Cc1n[nH]c2cc(-c3nn(Cc4oc5ccccc5c(=O)c4-c4ccccc4)c4ncnc(N)c34)ccc12. The number of H-pyrrole nitrogens is 1. The first kappa shape index (κ1) is 21.9. The van der Waals surface area contributed by atoms with Crippen LogP contribution in [0.4, 0.5) is 5.82 Å². The summed E-state index contributed by atoms with van der Waals surface area (Å²) in [4.78, 5) is 22.4. The van der Waals surface area contributed by atoms with Crippen molar-refractivity contribution < 1.29 is 4.42 Å². The molecule has 38 heavy (non-hydrogen) atoms. The summed E-state index contributed by atoms with van der Waals surface area (Å²) in [5, 5.41) is 14.5. The average Bonchev–Trinajstić information content (AvgIpc) is 3.50. The molecule has 0 aliphatic heterocycles. The first-order valence-electron chi connectivity index (χ1n) is 12.1. The van der Waals surface area contributed by atoms with Crippen LogP contribution in [0.1, 0.15) is 11.5 Å². The number of hydrogen-bond donors (Lipinski definition) is 2. The van der Waals surface area contributed by atoms with Crippen molar-refractivity contribution >= 4 is 38.7 Å². The van der Waals surface area contributed by atoms with E-state index < -0.39 is 0 Å². The highest BCUT2D eigenvalue weighted by atomic mass is 16.3. The molecule has 184 valence electrons. The second-order valence-electron chi connectivity index (χ2n) is 9.12. The maximum absolute atomic E-state index is 13.7. The molecule has 0 aliphatic rings. The molecule has 3 aromatic carbocycles. The van der Waals surface area contributed by atoms with Gasteiger partial charge in [-0.2, -0.15) is 10.2 Å². The summed E-state index contributed by atoms with van der Waals surface area (Å²) in [5.74, 6) is 0.799. The molecule has 7 aromatic rings. The van der Waals surface area contributed by atoms with E-state index in [9.17, 15) is 4.79 Å². The number of para-hydroxylation sites is 1. The lowest BCUT2D eigenvalue weighted by Gasteiger charge is -2.11. The number of hydrogen-bond acceptors (Lipinski definition) is 7. The Labute approximate surface area is 215 Å². The van der Waals surface area contributed by atoms with Gasteiger partial charge >= 0.3 is 0 Å². The third-order valence-electron chi connectivity index (χ3n) is 6.81. The number of nitrogens with zero attached hydrogens (tertiary/aromatic N) is 5. The van der Waals surface area contributed by atoms with E-state index >= 15 is 0 Å². The lowest BCUT2D eigenvalue weighted by molar-refractivity contribution is 0.506. The fraction of sp³-hybridized carbons (Fsp3) is 0.0690. The van der Waals surface area contributed by atoms with Crippen molar-refractivity contribution in [1.82, 2.24) is 29.9 Å². The summed E-state index contributed by atoms with van der Waals surface area (Å²) in [7, 11) is 0. The van der Waals surface area contributed by atoms with Gasteiger partial charge in [-0.05, 0) is 30.7 Å². The third kappa shape index (κ3) is 3.36. The smallest absolute Gasteiger partial charge is 0.200 e. The molecule has 0 radical (unpaired) electrons. The van der Waals surface area contributed by atoms with E-state index in [1.807, 2.05) is 67.6 Å². The van der Waals surface area contributed by atoms with Crippen LogP contribution in [0.3, 0.4) is 0 Å². The van der Waals surface area contributed by atoms with Crippen molar-refractivity contribution in [2.45, 2.75) is 13.5 Å². The summed E-state index contributed by atoms with van der Waals surface area (Å²) in [6.45, 7) is 2.12. The van der Waals surface area contributed by atoms with Gasteiger partial charge in [-0.15, -0.1) is 0 Å². The quantitative estimate of drug-likeness (QED) is 0.345. The van der Waals surface area contributed by atoms with Gasteiger partial charge in [0.05, 0.1) is 27.5 Å². The monoisotopic (exact) mass is 499 g/mol. The Bertz CT molecular complexity index is 2060. The van der Waals surface area contributed by atoms with Crippen LogP contribution in [-0.4, -0.2) is 29.9 Å². The van der Waals surface area contributed by atoms with E-state index in [0.29, 0.717) is 44.8 Å². The number of nitrogen functional groups attached to an aromatic ring is 1. The van der Waals surface area contributed by atoms with E-state index in [-0.39, 0.29) is 12.0 Å². The number of nitrogens with two attached hydrogens (primary N) is 1. The van der Waals surface area contributed by atoms with Gasteiger partial charge in [0.2, 0.25) is 5.43 Å². The largest absolute Gasteiger partial charge is 0.458 e. The molecule has 9 heteroatoms. The maximum Gasteiger partial charge on any atom is 0.200 e. The third-order valence-corrected chi connectivity index (χ3v) is 6.81. The van der Waals surface area contributed by atoms with Gasteiger partial charge in [0.1, 0.15) is 35.7 Å². The number of aryl methyl sites for hydroxylation is 1. The lowest BCUT2D eigenvalue weighted by atomic mass is 10.0. The Kier molecular flexibility index (Phi) is 4.83. The second-order valence-corrected chi connectivity index (χ2v) is 9.12. The first-order valence-corrected chi connectivity index (χ1v) is 12.1. The molecule has 0 spiro atoms. The van der Waals surface area contributed by atoms with Crippen LogP contribution >= 0.6 is 0 Å². The summed E-state index contributed by atoms with van der Waals surface area (Å²) < 4.78 is 8.05. The predicted molar refractivity (Wildman–Crippen MR) is 147 cm³/mol. The number of aromatic amines is 1. The fourth-order valence-electron chi connectivity index (χ4n) is 4.98. The minimum Gasteiger partial charge on any atom is -0.458 e. The molecular formula is C29H21N7O2. The molecule has 0 atom stereocenters. The number of nitrogens with one attached hydrogen (secondary N) is 1. The Balaban J connectivity index is 1.45. The van der Waals surface area contributed by atoms with E-state index in [1.54, 1.807) is 16.8 Å². The van der Waals surface area contributed by atoms with Gasteiger partial charge in [-0.1, -0.05) is 54.6 Å². The number of anilines is 1. The Morgan fingerprint density at radius 3 is 2.63 bits per heavy atom. The molecule has 4 heterocycles. The van der Waals surface area contributed by atoms with Crippen molar-refractivity contribution in [2.24, 2.45) is 0 Å². The highest BCUT2D eigenvalue weighted by Gasteiger charge is 2.22. The zero-order valence-corrected chi connectivity index (χ0v) is 20.3. The summed E-state index contributed by atoms with van der Waals surface area (Å²) >= 11 is 0. The molecule has 0 amide bonds. The van der Waals surface area contributed by atoms with Gasteiger partial charge in [0.25, 0.3) is 0 Å². The first-order chi connectivity index (χ1) is 18.6. The second kappa shape index (κ2) is 8.38. The molecule has 4 aromatic heterocycles. The summed E-state index contributed by atoms with van der Waals surface area (Å²) in [5.41, 5.74) is 11.9. The van der Waals surface area contributed by atoms with Crippen molar-refractivity contribution in [3.63, 3.8) is 0 Å². The number of aromatic nitrogens is 6. The van der Waals surface area contributed by atoms with Crippen LogP contribution in [0.25, 0.3) is 55.3 Å². The Morgan fingerprint density at radius 1 is 0.947 bits per heavy atom. The van der Waals surface area contributed by atoms with E-state index in [1.165, 1.54) is 6.33 Å². The van der Waals surface area contributed by atoms with E-state index in [4.69, 9.17) is 15.2 Å². The molecule has 0 saturated carbocycles. The molecule has 0 bridgehead atoms. The molecular weight excluding hydrogens is 478 g/mol. The van der Waals surface area contributed by atoms with Crippen molar-refractivity contribution in [3.8, 4) is 22.4 Å². The van der Waals surface area contributed by atoms with Gasteiger partial charge in [0.15, 0.2) is 5.65 Å². The number of rotatable bonds is 4. The van der Waals surface area contributed by atoms with Crippen LogP contribution < -0.4 is 11.2 Å². The number of fused-ring (bicyclic) bond motifs is 3.